The van der Waals surface area contributed by atoms with Gasteiger partial charge < -0.3 is 11.1 Å². The van der Waals surface area contributed by atoms with Crippen molar-refractivity contribution >= 4 is 11.3 Å². The second kappa shape index (κ2) is 6.20. The zero-order valence-electron chi connectivity index (χ0n) is 9.62. The SMILES string of the molecule is CCC(C)(CN)CNCCc1cscn1. The van der Waals surface area contributed by atoms with E-state index in [2.05, 4.69) is 29.5 Å². The lowest BCUT2D eigenvalue weighted by molar-refractivity contribution is 0.304. The van der Waals surface area contributed by atoms with Crippen LogP contribution in [0.25, 0.3) is 0 Å². The molecule has 0 saturated heterocycles. The quantitative estimate of drug-likeness (QED) is 0.696. The van der Waals surface area contributed by atoms with E-state index in [-0.39, 0.29) is 5.41 Å². The minimum Gasteiger partial charge on any atom is -0.330 e. The number of nitrogens with two attached hydrogens (primary N) is 1. The predicted molar refractivity (Wildman–Crippen MR) is 66.1 cm³/mol. The van der Waals surface area contributed by atoms with Crippen molar-refractivity contribution in [2.45, 2.75) is 26.7 Å². The smallest absolute Gasteiger partial charge is 0.0794 e. The molecular weight excluding hydrogens is 206 g/mol. The van der Waals surface area contributed by atoms with Gasteiger partial charge in [-0.1, -0.05) is 13.8 Å². The molecule has 1 unspecified atom stereocenters. The van der Waals surface area contributed by atoms with Gasteiger partial charge in [-0.3, -0.25) is 0 Å². The van der Waals surface area contributed by atoms with Gasteiger partial charge in [-0.25, -0.2) is 4.98 Å². The molecular formula is C11H21N3S. The zero-order valence-corrected chi connectivity index (χ0v) is 10.4. The van der Waals surface area contributed by atoms with Crippen molar-refractivity contribution in [3.05, 3.63) is 16.6 Å². The number of hydrogen-bond acceptors (Lipinski definition) is 4. The molecule has 0 aromatic carbocycles. The van der Waals surface area contributed by atoms with Gasteiger partial charge in [0.05, 0.1) is 11.2 Å². The lowest BCUT2D eigenvalue weighted by atomic mass is 9.88. The number of nitrogens with one attached hydrogen (secondary N) is 1. The van der Waals surface area contributed by atoms with Crippen molar-refractivity contribution in [2.24, 2.45) is 11.1 Å². The molecule has 0 radical (unpaired) electrons. The molecule has 3 N–H and O–H groups in total. The third-order valence-corrected chi connectivity index (χ3v) is 3.57. The highest BCUT2D eigenvalue weighted by Gasteiger charge is 2.18. The molecule has 1 aromatic heterocycles. The first-order valence-corrected chi connectivity index (χ1v) is 6.42. The van der Waals surface area contributed by atoms with E-state index in [4.69, 9.17) is 5.73 Å². The number of hydrogen-bond donors (Lipinski definition) is 2. The average molecular weight is 227 g/mol. The Morgan fingerprint density at radius 2 is 2.40 bits per heavy atom. The summed E-state index contributed by atoms with van der Waals surface area (Å²) in [4.78, 5) is 4.24. The Morgan fingerprint density at radius 1 is 1.60 bits per heavy atom. The summed E-state index contributed by atoms with van der Waals surface area (Å²) in [6.45, 7) is 7.13. The third-order valence-electron chi connectivity index (χ3n) is 2.94. The van der Waals surface area contributed by atoms with Gasteiger partial charge in [-0.15, -0.1) is 11.3 Å². The average Bonchev–Trinajstić information content (AvgIpc) is 2.77. The molecule has 0 aliphatic carbocycles. The largest absolute Gasteiger partial charge is 0.330 e. The summed E-state index contributed by atoms with van der Waals surface area (Å²) < 4.78 is 0. The van der Waals surface area contributed by atoms with E-state index in [0.717, 1.165) is 32.5 Å². The molecule has 86 valence electrons. The van der Waals surface area contributed by atoms with E-state index in [1.165, 1.54) is 5.69 Å². The highest BCUT2D eigenvalue weighted by molar-refractivity contribution is 7.07. The number of rotatable bonds is 7. The molecule has 1 aromatic rings. The number of thiazole rings is 1. The second-order valence-electron chi connectivity index (χ2n) is 4.27. The Kier molecular flexibility index (Phi) is 5.22. The Balaban J connectivity index is 2.16. The van der Waals surface area contributed by atoms with Gasteiger partial charge in [0, 0.05) is 24.9 Å². The fourth-order valence-corrected chi connectivity index (χ4v) is 1.90. The van der Waals surface area contributed by atoms with Crippen LogP contribution in [0.1, 0.15) is 26.0 Å². The maximum absolute atomic E-state index is 5.74. The van der Waals surface area contributed by atoms with Crippen LogP contribution in [0.2, 0.25) is 0 Å². The number of nitrogens with zero attached hydrogens (tertiary/aromatic N) is 1. The fraction of sp³-hybridized carbons (Fsp3) is 0.727. The lowest BCUT2D eigenvalue weighted by Gasteiger charge is -2.26. The first-order valence-electron chi connectivity index (χ1n) is 5.48. The van der Waals surface area contributed by atoms with Crippen LogP contribution in [0.3, 0.4) is 0 Å². The molecule has 1 rings (SSSR count). The van der Waals surface area contributed by atoms with Crippen molar-refractivity contribution in [2.75, 3.05) is 19.6 Å². The van der Waals surface area contributed by atoms with Gasteiger partial charge in [0.15, 0.2) is 0 Å². The Morgan fingerprint density at radius 3 is 2.93 bits per heavy atom. The normalized spacial score (nSPS) is 15.1. The van der Waals surface area contributed by atoms with Crippen LogP contribution >= 0.6 is 11.3 Å². The van der Waals surface area contributed by atoms with E-state index >= 15 is 0 Å². The molecule has 1 heterocycles. The van der Waals surface area contributed by atoms with Gasteiger partial charge in [0.2, 0.25) is 0 Å². The summed E-state index contributed by atoms with van der Waals surface area (Å²) >= 11 is 1.65. The monoisotopic (exact) mass is 227 g/mol. The summed E-state index contributed by atoms with van der Waals surface area (Å²) in [5.74, 6) is 0. The maximum atomic E-state index is 5.74. The molecule has 0 spiro atoms. The molecule has 3 nitrogen and oxygen atoms in total. The van der Waals surface area contributed by atoms with Crippen LogP contribution in [0.5, 0.6) is 0 Å². The van der Waals surface area contributed by atoms with E-state index in [1.807, 2.05) is 5.51 Å². The van der Waals surface area contributed by atoms with Crippen molar-refractivity contribution in [1.82, 2.24) is 10.3 Å². The summed E-state index contributed by atoms with van der Waals surface area (Å²) in [5.41, 5.74) is 9.04. The summed E-state index contributed by atoms with van der Waals surface area (Å²) in [6.07, 6.45) is 2.13. The van der Waals surface area contributed by atoms with Crippen LogP contribution in [-0.2, 0) is 6.42 Å². The van der Waals surface area contributed by atoms with Crippen LogP contribution in [0, 0.1) is 5.41 Å². The lowest BCUT2D eigenvalue weighted by Crippen LogP contribution is -2.38. The van der Waals surface area contributed by atoms with Crippen LogP contribution in [0.15, 0.2) is 10.9 Å². The molecule has 0 bridgehead atoms. The standard InChI is InChI=1S/C11H21N3S/c1-3-11(2,7-12)8-13-5-4-10-6-15-9-14-10/h6,9,13H,3-5,7-8,12H2,1-2H3. The summed E-state index contributed by atoms with van der Waals surface area (Å²) in [5, 5.41) is 5.55. The van der Waals surface area contributed by atoms with Crippen molar-refractivity contribution in [3.63, 3.8) is 0 Å². The van der Waals surface area contributed by atoms with Crippen LogP contribution in [0.4, 0.5) is 0 Å². The molecule has 15 heavy (non-hydrogen) atoms. The number of aromatic nitrogens is 1. The summed E-state index contributed by atoms with van der Waals surface area (Å²) in [7, 11) is 0. The Hall–Kier alpha value is -0.450. The molecule has 4 heteroatoms. The van der Waals surface area contributed by atoms with E-state index in [1.54, 1.807) is 11.3 Å². The van der Waals surface area contributed by atoms with E-state index in [9.17, 15) is 0 Å². The Bertz CT molecular complexity index is 255. The second-order valence-corrected chi connectivity index (χ2v) is 4.99. The van der Waals surface area contributed by atoms with E-state index in [0.29, 0.717) is 0 Å². The van der Waals surface area contributed by atoms with Crippen molar-refractivity contribution < 1.29 is 0 Å². The topological polar surface area (TPSA) is 50.9 Å². The molecule has 0 amide bonds. The molecule has 0 aliphatic heterocycles. The molecule has 0 saturated carbocycles. The Labute approximate surface area is 96.1 Å². The maximum Gasteiger partial charge on any atom is 0.0794 e. The van der Waals surface area contributed by atoms with Gasteiger partial charge in [0.25, 0.3) is 0 Å². The zero-order chi connectivity index (χ0) is 11.1. The highest BCUT2D eigenvalue weighted by atomic mass is 32.1. The van der Waals surface area contributed by atoms with Gasteiger partial charge >= 0.3 is 0 Å². The first kappa shape index (κ1) is 12.6. The van der Waals surface area contributed by atoms with Gasteiger partial charge in [0.1, 0.15) is 0 Å². The highest BCUT2D eigenvalue weighted by Crippen LogP contribution is 2.17. The minimum atomic E-state index is 0.238. The minimum absolute atomic E-state index is 0.238. The van der Waals surface area contributed by atoms with E-state index < -0.39 is 0 Å². The molecule has 0 aliphatic rings. The molecule has 0 fully saturated rings. The van der Waals surface area contributed by atoms with Crippen molar-refractivity contribution in [1.29, 1.82) is 0 Å². The van der Waals surface area contributed by atoms with Crippen molar-refractivity contribution in [3.8, 4) is 0 Å². The van der Waals surface area contributed by atoms with Gasteiger partial charge in [-0.2, -0.15) is 0 Å². The van der Waals surface area contributed by atoms with Crippen LogP contribution < -0.4 is 11.1 Å². The van der Waals surface area contributed by atoms with Crippen LogP contribution in [-0.4, -0.2) is 24.6 Å². The first-order chi connectivity index (χ1) is 7.20. The fourth-order valence-electron chi connectivity index (χ4n) is 1.31. The summed E-state index contributed by atoms with van der Waals surface area (Å²) in [6, 6.07) is 0. The predicted octanol–water partition coefficient (Wildman–Crippen LogP) is 1.65. The van der Waals surface area contributed by atoms with Gasteiger partial charge in [-0.05, 0) is 18.4 Å². The third kappa shape index (κ3) is 4.28. The molecule has 1 atom stereocenters.